The molecule has 2 amide bonds. The van der Waals surface area contributed by atoms with Gasteiger partial charge in [0, 0.05) is 16.5 Å². The number of hydrogen-bond acceptors (Lipinski definition) is 9. The van der Waals surface area contributed by atoms with Gasteiger partial charge in [-0.3, -0.25) is 9.59 Å². The molecule has 1 aromatic carbocycles. The fourth-order valence-electron chi connectivity index (χ4n) is 3.84. The molecular weight excluding hydrogens is 477 g/mol. The number of amides is 2. The first-order valence-corrected chi connectivity index (χ1v) is 10.7. The fraction of sp³-hybridized carbons (Fsp3) is 0.429. The van der Waals surface area contributed by atoms with Gasteiger partial charge in [-0.05, 0) is 38.5 Å². The molecule has 3 N–H and O–H groups in total. The van der Waals surface area contributed by atoms with Crippen LogP contribution in [0.4, 0.5) is 0 Å². The van der Waals surface area contributed by atoms with Crippen molar-refractivity contribution in [2.45, 2.75) is 49.0 Å². The van der Waals surface area contributed by atoms with Crippen LogP contribution in [0.15, 0.2) is 36.0 Å². The molecule has 0 bridgehead atoms. The third-order valence-electron chi connectivity index (χ3n) is 5.36. The summed E-state index contributed by atoms with van der Waals surface area (Å²) in [5, 5.41) is 26.2. The number of carbonyl (C=O) groups excluding carboxylic acids is 4. The number of phenols is 1. The zero-order chi connectivity index (χ0) is 23.8. The molecule has 172 valence electrons. The number of carbonyl (C=O) groups is 4. The molecule has 3 rings (SSSR count). The number of methoxy groups -OCH3 is 1. The van der Waals surface area contributed by atoms with Crippen LogP contribution in [0.25, 0.3) is 0 Å². The maximum absolute atomic E-state index is 13.1. The molecule has 2 fully saturated rings. The normalized spacial score (nSPS) is 24.0. The van der Waals surface area contributed by atoms with Gasteiger partial charge < -0.3 is 35.3 Å². The van der Waals surface area contributed by atoms with Gasteiger partial charge in [0.1, 0.15) is 23.2 Å². The molecule has 2 unspecified atom stereocenters. The summed E-state index contributed by atoms with van der Waals surface area (Å²) < 4.78 is 3.82. The molecule has 2 heterocycles. The van der Waals surface area contributed by atoms with Crippen molar-refractivity contribution in [3.05, 3.63) is 41.6 Å². The first-order chi connectivity index (χ1) is 15.0. The second-order valence-electron chi connectivity index (χ2n) is 8.08. The van der Waals surface area contributed by atoms with Crippen molar-refractivity contribution in [3.63, 3.8) is 0 Å². The number of nitrogens with zero attached hydrogens (tertiary/aromatic N) is 1. The molecule has 2 aliphatic rings. The van der Waals surface area contributed by atoms with Gasteiger partial charge in [0.25, 0.3) is 0 Å². The smallest absolute Gasteiger partial charge is 0.548 e. The van der Waals surface area contributed by atoms with E-state index in [2.05, 4.69) is 15.4 Å². The molecule has 0 aliphatic carbocycles. The molecule has 2 aliphatic heterocycles. The molecule has 0 radical (unpaired) electrons. The molecular formula is C21H24KN3O7S. The molecule has 0 spiro atoms. The van der Waals surface area contributed by atoms with E-state index in [9.17, 15) is 29.4 Å². The second-order valence-corrected chi connectivity index (χ2v) is 9.86. The Labute approximate surface area is 237 Å². The fourth-order valence-corrected chi connectivity index (χ4v) is 5.46. The summed E-state index contributed by atoms with van der Waals surface area (Å²) in [5.74, 6) is -2.99. The minimum Gasteiger partial charge on any atom is -0.548 e. The number of hydrogen-bond donors (Lipinski definition) is 3. The second kappa shape index (κ2) is 10.8. The quantitative estimate of drug-likeness (QED) is 0.149. The van der Waals surface area contributed by atoms with Crippen LogP contribution in [-0.4, -0.2) is 63.1 Å². The van der Waals surface area contributed by atoms with Crippen LogP contribution in [0.3, 0.4) is 0 Å². The van der Waals surface area contributed by atoms with Gasteiger partial charge in [0.2, 0.25) is 11.8 Å². The van der Waals surface area contributed by atoms with E-state index in [-0.39, 0.29) is 57.1 Å². The maximum Gasteiger partial charge on any atom is 1.00 e. The molecule has 33 heavy (non-hydrogen) atoms. The van der Waals surface area contributed by atoms with E-state index < -0.39 is 52.0 Å². The van der Waals surface area contributed by atoms with Gasteiger partial charge in [-0.1, -0.05) is 12.1 Å². The Hall–Kier alpha value is -1.57. The first kappa shape index (κ1) is 27.7. The number of thioether (sulfide) groups is 1. The minimum absolute atomic E-state index is 0. The number of carboxylic acid groups (broad SMARTS) is 1. The molecule has 10 nitrogen and oxygen atoms in total. The van der Waals surface area contributed by atoms with E-state index in [0.717, 1.165) is 0 Å². The maximum atomic E-state index is 13.1. The number of phenolic OH excluding ortho intramolecular Hbond substituents is 1. The number of allylic oxidation sites excluding steroid dienone is 1. The molecule has 12 heteroatoms. The van der Waals surface area contributed by atoms with Crippen molar-refractivity contribution < 1.29 is 85.5 Å². The van der Waals surface area contributed by atoms with Crippen molar-refractivity contribution in [3.8, 4) is 5.75 Å². The standard InChI is InChI=1S/C21H25N3O7S.K/c1-10(9-13(26)31-4)22-14(11-5-7-12(25)8-6-11)17(27)23-15-18(28)24-16(20(29)30)21(2,3)32-19(15)24;/h5-9,14-16,19,22,25H,1-4H3,(H,23,27)(H,29,30);/q;+1/p-1/b10-9+;/t14?,15?,16-,19+;/m0./s1. The van der Waals surface area contributed by atoms with Gasteiger partial charge in [-0.15, -0.1) is 11.8 Å². The Morgan fingerprint density at radius 1 is 1.27 bits per heavy atom. The first-order valence-electron chi connectivity index (χ1n) is 9.79. The van der Waals surface area contributed by atoms with E-state index >= 15 is 0 Å². The summed E-state index contributed by atoms with van der Waals surface area (Å²) in [4.78, 5) is 50.1. The Morgan fingerprint density at radius 3 is 2.42 bits per heavy atom. The number of benzene rings is 1. The zero-order valence-electron chi connectivity index (χ0n) is 18.9. The van der Waals surface area contributed by atoms with Crippen molar-refractivity contribution in [1.29, 1.82) is 0 Å². The van der Waals surface area contributed by atoms with Crippen LogP contribution in [0.5, 0.6) is 5.75 Å². The third-order valence-corrected chi connectivity index (χ3v) is 6.93. The molecule has 0 aromatic heterocycles. The van der Waals surface area contributed by atoms with E-state index in [0.29, 0.717) is 11.3 Å². The van der Waals surface area contributed by atoms with Crippen LogP contribution in [0.2, 0.25) is 0 Å². The van der Waals surface area contributed by atoms with Gasteiger partial charge in [-0.2, -0.15) is 0 Å². The molecule has 0 saturated carbocycles. The number of fused-ring (bicyclic) bond motifs is 1. The van der Waals surface area contributed by atoms with Gasteiger partial charge >= 0.3 is 57.4 Å². The Kier molecular flexibility index (Phi) is 9.04. The number of ether oxygens (including phenoxy) is 1. The van der Waals surface area contributed by atoms with Crippen LogP contribution in [-0.2, 0) is 23.9 Å². The van der Waals surface area contributed by atoms with Crippen molar-refractivity contribution in [2.75, 3.05) is 7.11 Å². The van der Waals surface area contributed by atoms with Crippen LogP contribution in [0.1, 0.15) is 32.4 Å². The predicted octanol–water partition coefficient (Wildman–Crippen LogP) is -3.60. The van der Waals surface area contributed by atoms with Crippen molar-refractivity contribution >= 4 is 35.5 Å². The number of esters is 1. The van der Waals surface area contributed by atoms with Crippen molar-refractivity contribution in [1.82, 2.24) is 15.5 Å². The Balaban J connectivity index is 0.00000385. The summed E-state index contributed by atoms with van der Waals surface area (Å²) in [6.07, 6.45) is 1.18. The molecule has 1 aromatic rings. The molecule has 2 saturated heterocycles. The number of nitrogens with one attached hydrogen (secondary N) is 2. The zero-order valence-corrected chi connectivity index (χ0v) is 22.9. The summed E-state index contributed by atoms with van der Waals surface area (Å²) in [6.45, 7) is 5.00. The third kappa shape index (κ3) is 5.74. The average molecular weight is 502 g/mol. The largest absolute Gasteiger partial charge is 1.00 e. The number of aromatic hydroxyl groups is 1. The number of carboxylic acids is 1. The van der Waals surface area contributed by atoms with E-state index in [4.69, 9.17) is 0 Å². The van der Waals surface area contributed by atoms with E-state index in [1.165, 1.54) is 54.1 Å². The van der Waals surface area contributed by atoms with Gasteiger partial charge in [0.05, 0.1) is 19.1 Å². The van der Waals surface area contributed by atoms with E-state index in [1.54, 1.807) is 20.8 Å². The number of β-lactam (4-membered cyclic amide) rings is 1. The minimum atomic E-state index is -1.34. The molecule has 4 atom stereocenters. The Morgan fingerprint density at radius 2 is 1.88 bits per heavy atom. The summed E-state index contributed by atoms with van der Waals surface area (Å²) >= 11 is 1.29. The van der Waals surface area contributed by atoms with Gasteiger partial charge in [0.15, 0.2) is 0 Å². The summed E-state index contributed by atoms with van der Waals surface area (Å²) in [5.41, 5.74) is 0.827. The van der Waals surface area contributed by atoms with Crippen LogP contribution >= 0.6 is 11.8 Å². The Bertz CT molecular complexity index is 983. The predicted molar refractivity (Wildman–Crippen MR) is 113 cm³/mol. The van der Waals surface area contributed by atoms with E-state index in [1.807, 2.05) is 0 Å². The van der Waals surface area contributed by atoms with Crippen LogP contribution < -0.4 is 67.1 Å². The van der Waals surface area contributed by atoms with Crippen molar-refractivity contribution in [2.24, 2.45) is 0 Å². The van der Waals surface area contributed by atoms with Crippen LogP contribution in [0, 0.1) is 0 Å². The summed E-state index contributed by atoms with van der Waals surface area (Å²) in [6, 6.07) is 2.91. The number of aliphatic carboxylic acids is 1. The monoisotopic (exact) mass is 501 g/mol. The summed E-state index contributed by atoms with van der Waals surface area (Å²) in [7, 11) is 1.23. The number of rotatable bonds is 7. The van der Waals surface area contributed by atoms with Gasteiger partial charge in [-0.25, -0.2) is 4.79 Å². The average Bonchev–Trinajstić information content (AvgIpc) is 2.98. The SMILES string of the molecule is COC(=O)/C=C(\C)NC(C(=O)NC1C(=O)N2[C@@H]1SC(C)(C)[C@@H]2C(=O)[O-])c1ccc(O)cc1.[K+]. The topological polar surface area (TPSA) is 148 Å².